The molecule has 3 aromatic heterocycles. The predicted octanol–water partition coefficient (Wildman–Crippen LogP) is 8.13. The largest absolute Gasteiger partial charge is 0.357 e. The molecule has 0 aliphatic heterocycles. The molecule has 0 saturated heterocycles. The zero-order valence-electron chi connectivity index (χ0n) is 25.9. The summed E-state index contributed by atoms with van der Waals surface area (Å²) in [6, 6.07) is 14.6. The van der Waals surface area contributed by atoms with E-state index in [4.69, 9.17) is 15.0 Å². The van der Waals surface area contributed by atoms with E-state index in [1.807, 2.05) is 0 Å². The fourth-order valence-electron chi connectivity index (χ4n) is 7.02. The third-order valence-corrected chi connectivity index (χ3v) is 9.49. The normalized spacial score (nSPS) is 20.0. The molecule has 230 valence electrons. The average Bonchev–Trinajstić information content (AvgIpc) is 3.81. The summed E-state index contributed by atoms with van der Waals surface area (Å²) in [5.74, 6) is 0. The Balaban J connectivity index is 1.11. The number of H-pyrrole nitrogens is 3. The smallest absolute Gasteiger partial charge is 0.0564 e. The van der Waals surface area contributed by atoms with Gasteiger partial charge in [0.05, 0.1) is 35.2 Å². The average molecular weight is 582 g/mol. The van der Waals surface area contributed by atoms with Crippen LogP contribution in [0.3, 0.4) is 0 Å². The summed E-state index contributed by atoms with van der Waals surface area (Å²) in [6.07, 6.45) is 25.5. The van der Waals surface area contributed by atoms with E-state index in [0.29, 0.717) is 18.1 Å². The third-order valence-electron chi connectivity index (χ3n) is 9.49. The van der Waals surface area contributed by atoms with E-state index in [1.165, 1.54) is 113 Å². The van der Waals surface area contributed by atoms with Crippen LogP contribution in [0.1, 0.15) is 130 Å². The molecule has 3 saturated carbocycles. The van der Waals surface area contributed by atoms with Gasteiger partial charge in [0.1, 0.15) is 0 Å². The first-order chi connectivity index (χ1) is 21.2. The van der Waals surface area contributed by atoms with Crippen molar-refractivity contribution in [1.82, 2.24) is 19.9 Å². The van der Waals surface area contributed by atoms with Gasteiger partial charge in [-0.2, -0.15) is 0 Å². The van der Waals surface area contributed by atoms with E-state index in [1.54, 1.807) is 0 Å². The predicted molar refractivity (Wildman–Crippen MR) is 179 cm³/mol. The Kier molecular flexibility index (Phi) is 10.8. The molecule has 3 aliphatic rings. The van der Waals surface area contributed by atoms with Crippen molar-refractivity contribution in [2.45, 2.75) is 134 Å². The van der Waals surface area contributed by atoms with E-state index < -0.39 is 0 Å². The van der Waals surface area contributed by atoms with Gasteiger partial charge in [0.2, 0.25) is 0 Å². The number of aromatic amines is 3. The molecule has 43 heavy (non-hydrogen) atoms. The lowest BCUT2D eigenvalue weighted by Gasteiger charge is -2.21. The standard InChI is InChI=1S/C36H51N7/c1-4-10-28(11-5-1)37-22-31-16-19-34(40-31)25-43(26-35-20-17-32(41-35)23-38-29-12-6-2-7-13-29)27-36-21-18-33(42-36)24-39-30-14-8-3-9-15-30/h16-24,28-30,40-42H,1-15,25-27H2. The van der Waals surface area contributed by atoms with Crippen LogP contribution in [-0.2, 0) is 19.6 Å². The van der Waals surface area contributed by atoms with Crippen molar-refractivity contribution in [1.29, 1.82) is 0 Å². The lowest BCUT2D eigenvalue weighted by Crippen LogP contribution is -2.23. The van der Waals surface area contributed by atoms with Gasteiger partial charge in [-0.05, 0) is 74.9 Å². The van der Waals surface area contributed by atoms with E-state index in [9.17, 15) is 0 Å². The van der Waals surface area contributed by atoms with Gasteiger partial charge in [0, 0.05) is 55.4 Å². The molecule has 6 rings (SSSR count). The molecule has 7 nitrogen and oxygen atoms in total. The second kappa shape index (κ2) is 15.5. The minimum absolute atomic E-state index is 0.490. The molecular formula is C36H51N7. The van der Waals surface area contributed by atoms with Gasteiger partial charge in [-0.15, -0.1) is 0 Å². The van der Waals surface area contributed by atoms with Crippen LogP contribution >= 0.6 is 0 Å². The number of hydrogen-bond acceptors (Lipinski definition) is 4. The van der Waals surface area contributed by atoms with Crippen LogP contribution in [0.4, 0.5) is 0 Å². The lowest BCUT2D eigenvalue weighted by molar-refractivity contribution is 0.240. The molecule has 3 aromatic rings. The van der Waals surface area contributed by atoms with Crippen LogP contribution in [0.5, 0.6) is 0 Å². The first kappa shape index (κ1) is 29.9. The molecular weight excluding hydrogens is 530 g/mol. The second-order valence-electron chi connectivity index (χ2n) is 13.2. The zero-order valence-corrected chi connectivity index (χ0v) is 25.9. The highest BCUT2D eigenvalue weighted by atomic mass is 15.1. The van der Waals surface area contributed by atoms with Gasteiger partial charge in [-0.1, -0.05) is 57.8 Å². The first-order valence-corrected chi connectivity index (χ1v) is 17.1. The molecule has 7 heteroatoms. The van der Waals surface area contributed by atoms with Crippen LogP contribution in [0.2, 0.25) is 0 Å². The lowest BCUT2D eigenvalue weighted by atomic mass is 9.96. The van der Waals surface area contributed by atoms with Crippen LogP contribution in [0.15, 0.2) is 51.4 Å². The van der Waals surface area contributed by atoms with E-state index in [-0.39, 0.29) is 0 Å². The number of aromatic nitrogens is 3. The number of nitrogens with one attached hydrogen (secondary N) is 3. The topological polar surface area (TPSA) is 87.7 Å². The van der Waals surface area contributed by atoms with Crippen molar-refractivity contribution >= 4 is 18.6 Å². The fraction of sp³-hybridized carbons (Fsp3) is 0.583. The maximum Gasteiger partial charge on any atom is 0.0564 e. The minimum atomic E-state index is 0.490. The Hall–Kier alpha value is -3.19. The number of nitrogens with zero attached hydrogens (tertiary/aromatic N) is 4. The molecule has 3 fully saturated rings. The maximum absolute atomic E-state index is 4.88. The van der Waals surface area contributed by atoms with E-state index in [2.05, 4.69) is 74.9 Å². The van der Waals surface area contributed by atoms with E-state index in [0.717, 1.165) is 36.7 Å². The van der Waals surface area contributed by atoms with Crippen LogP contribution in [0, 0.1) is 0 Å². The van der Waals surface area contributed by atoms with Crippen LogP contribution in [-0.4, -0.2) is 56.6 Å². The third kappa shape index (κ3) is 9.40. The molecule has 0 unspecified atom stereocenters. The van der Waals surface area contributed by atoms with Gasteiger partial charge in [0.25, 0.3) is 0 Å². The Morgan fingerprint density at radius 2 is 0.767 bits per heavy atom. The molecule has 0 radical (unpaired) electrons. The summed E-state index contributed by atoms with van der Waals surface area (Å²) in [4.78, 5) is 28.0. The molecule has 0 atom stereocenters. The Morgan fingerprint density at radius 3 is 1.07 bits per heavy atom. The summed E-state index contributed by atoms with van der Waals surface area (Å²) in [5, 5.41) is 0. The Bertz CT molecular complexity index is 1160. The molecule has 0 amide bonds. The fourth-order valence-corrected chi connectivity index (χ4v) is 7.02. The number of rotatable bonds is 12. The number of hydrogen-bond donors (Lipinski definition) is 3. The minimum Gasteiger partial charge on any atom is -0.357 e. The molecule has 3 heterocycles. The highest BCUT2D eigenvalue weighted by Gasteiger charge is 2.15. The van der Waals surface area contributed by atoms with Gasteiger partial charge in [0.15, 0.2) is 0 Å². The quantitative estimate of drug-likeness (QED) is 0.185. The number of aliphatic imine (C=N–C) groups is 3. The van der Waals surface area contributed by atoms with Crippen molar-refractivity contribution in [2.75, 3.05) is 0 Å². The first-order valence-electron chi connectivity index (χ1n) is 17.1. The highest BCUT2D eigenvalue weighted by Crippen LogP contribution is 2.22. The van der Waals surface area contributed by atoms with E-state index >= 15 is 0 Å². The van der Waals surface area contributed by atoms with Crippen molar-refractivity contribution < 1.29 is 0 Å². The van der Waals surface area contributed by atoms with Gasteiger partial charge >= 0.3 is 0 Å². The summed E-state index contributed by atoms with van der Waals surface area (Å²) >= 11 is 0. The molecule has 3 aliphatic carbocycles. The van der Waals surface area contributed by atoms with Crippen molar-refractivity contribution in [3.63, 3.8) is 0 Å². The van der Waals surface area contributed by atoms with Gasteiger partial charge in [-0.25, -0.2) is 0 Å². The molecule has 0 aromatic carbocycles. The van der Waals surface area contributed by atoms with Crippen molar-refractivity contribution in [3.05, 3.63) is 70.6 Å². The molecule has 3 N–H and O–H groups in total. The Morgan fingerprint density at radius 1 is 0.465 bits per heavy atom. The molecule has 0 bridgehead atoms. The second-order valence-corrected chi connectivity index (χ2v) is 13.2. The van der Waals surface area contributed by atoms with Crippen LogP contribution < -0.4 is 0 Å². The summed E-state index contributed by atoms with van der Waals surface area (Å²) < 4.78 is 0. The van der Waals surface area contributed by atoms with Crippen LogP contribution in [0.25, 0.3) is 0 Å². The summed E-state index contributed by atoms with van der Waals surface area (Å²) in [6.45, 7) is 2.48. The summed E-state index contributed by atoms with van der Waals surface area (Å²) in [7, 11) is 0. The molecule has 0 spiro atoms. The zero-order chi connectivity index (χ0) is 29.1. The van der Waals surface area contributed by atoms with Crippen molar-refractivity contribution in [3.8, 4) is 0 Å². The highest BCUT2D eigenvalue weighted by molar-refractivity contribution is 5.78. The SMILES string of the molecule is C(=NC1CCCCC1)c1ccc(CN(Cc2ccc(C=NC3CCCCC3)[nH]2)Cc2ccc(C=NC3CCCCC3)[nH]2)[nH]1. The maximum atomic E-state index is 4.88. The monoisotopic (exact) mass is 581 g/mol. The Labute approximate surface area is 257 Å². The van der Waals surface area contributed by atoms with Gasteiger partial charge < -0.3 is 15.0 Å². The van der Waals surface area contributed by atoms with Crippen molar-refractivity contribution in [2.24, 2.45) is 15.0 Å². The van der Waals surface area contributed by atoms with Gasteiger partial charge in [-0.3, -0.25) is 19.9 Å². The summed E-state index contributed by atoms with van der Waals surface area (Å²) in [5.41, 5.74) is 6.93.